The van der Waals surface area contributed by atoms with Crippen molar-refractivity contribution in [3.05, 3.63) is 30.3 Å². The van der Waals surface area contributed by atoms with Gasteiger partial charge in [0.1, 0.15) is 0 Å². The van der Waals surface area contributed by atoms with Crippen LogP contribution in [0.3, 0.4) is 0 Å². The summed E-state index contributed by atoms with van der Waals surface area (Å²) in [7, 11) is -2.28. The van der Waals surface area contributed by atoms with Crippen LogP contribution in [0.25, 0.3) is 0 Å². The van der Waals surface area contributed by atoms with Crippen molar-refractivity contribution in [3.63, 3.8) is 0 Å². The van der Waals surface area contributed by atoms with Gasteiger partial charge in [-0.15, -0.1) is 0 Å². The zero-order chi connectivity index (χ0) is 7.61. The molecule has 0 aliphatic rings. The molecule has 0 bridgehead atoms. The molecule has 11 heavy (non-hydrogen) atoms. The van der Waals surface area contributed by atoms with Gasteiger partial charge in [-0.05, 0) is 8.32 Å². The Balaban J connectivity index is 0.000001000. The first-order chi connectivity index (χ1) is 4.61. The van der Waals surface area contributed by atoms with Crippen molar-refractivity contribution in [2.75, 3.05) is 0 Å². The number of rotatable bonds is 1. The number of benzene rings is 1. The predicted octanol–water partition coefficient (Wildman–Crippen LogP) is -2.54. The summed E-state index contributed by atoms with van der Waals surface area (Å²) in [6.07, 6.45) is 0. The van der Waals surface area contributed by atoms with Crippen LogP contribution in [-0.2, 0) is 0 Å². The molecule has 0 amide bonds. The molecule has 0 heterocycles. The van der Waals surface area contributed by atoms with E-state index in [9.17, 15) is 4.80 Å². The van der Waals surface area contributed by atoms with Crippen LogP contribution in [0.2, 0.25) is 13.1 Å². The molecule has 0 aromatic heterocycles. The Morgan fingerprint density at radius 1 is 1.09 bits per heavy atom. The van der Waals surface area contributed by atoms with Gasteiger partial charge in [0, 0.05) is 0 Å². The van der Waals surface area contributed by atoms with E-state index in [1.54, 1.807) is 0 Å². The van der Waals surface area contributed by atoms with Crippen LogP contribution < -0.4 is 61.4 Å². The van der Waals surface area contributed by atoms with Gasteiger partial charge in [-0.2, -0.15) is 0 Å². The van der Waals surface area contributed by atoms with Gasteiger partial charge in [-0.3, -0.25) is 0 Å². The maximum Gasteiger partial charge on any atom is 1.00 e. The van der Waals surface area contributed by atoms with Crippen molar-refractivity contribution in [2.45, 2.75) is 13.1 Å². The summed E-state index contributed by atoms with van der Waals surface area (Å²) in [6.45, 7) is 3.62. The molecule has 0 atom stereocenters. The molecule has 0 fully saturated rings. The quantitative estimate of drug-likeness (QED) is 0.448. The standard InChI is InChI=1S/C8H11OSi.K/c1-10(2,9)8-6-4-3-5-7-8;/h3-7H,1-2H3;/q-1;+1. The molecule has 1 aromatic carbocycles. The summed E-state index contributed by atoms with van der Waals surface area (Å²) >= 11 is 0. The van der Waals surface area contributed by atoms with E-state index in [1.807, 2.05) is 43.4 Å². The second-order valence-corrected chi connectivity index (χ2v) is 6.47. The molecule has 0 unspecified atom stereocenters. The third-order valence-corrected chi connectivity index (χ3v) is 3.19. The maximum atomic E-state index is 11.4. The maximum absolute atomic E-state index is 11.4. The van der Waals surface area contributed by atoms with Gasteiger partial charge >= 0.3 is 51.4 Å². The minimum atomic E-state index is -2.28. The van der Waals surface area contributed by atoms with Crippen molar-refractivity contribution in [3.8, 4) is 0 Å². The largest absolute Gasteiger partial charge is 1.00 e. The van der Waals surface area contributed by atoms with E-state index < -0.39 is 8.32 Å². The van der Waals surface area contributed by atoms with Gasteiger partial charge in [0.2, 0.25) is 0 Å². The summed E-state index contributed by atoms with van der Waals surface area (Å²) in [4.78, 5) is 11.4. The Bertz CT molecular complexity index is 205. The fourth-order valence-electron chi connectivity index (χ4n) is 0.840. The Morgan fingerprint density at radius 3 is 1.82 bits per heavy atom. The molecule has 1 rings (SSSR count). The van der Waals surface area contributed by atoms with Gasteiger partial charge in [0.15, 0.2) is 0 Å². The van der Waals surface area contributed by atoms with Crippen LogP contribution >= 0.6 is 0 Å². The second-order valence-electron chi connectivity index (χ2n) is 2.88. The molecule has 1 aromatic rings. The van der Waals surface area contributed by atoms with Gasteiger partial charge in [-0.25, -0.2) is 0 Å². The first kappa shape index (κ1) is 12.0. The van der Waals surface area contributed by atoms with Crippen LogP contribution in [0.1, 0.15) is 0 Å². The summed E-state index contributed by atoms with van der Waals surface area (Å²) in [6, 6.07) is 9.60. The van der Waals surface area contributed by atoms with Crippen LogP contribution in [0.5, 0.6) is 0 Å². The predicted molar refractivity (Wildman–Crippen MR) is 43.6 cm³/mol. The van der Waals surface area contributed by atoms with Crippen LogP contribution in [0, 0.1) is 0 Å². The van der Waals surface area contributed by atoms with E-state index in [0.717, 1.165) is 5.19 Å². The number of hydrogen-bond donors (Lipinski definition) is 0. The average Bonchev–Trinajstić information content (AvgIpc) is 1.88. The third-order valence-electron chi connectivity index (χ3n) is 1.47. The molecular weight excluding hydrogens is 179 g/mol. The molecule has 0 spiro atoms. The van der Waals surface area contributed by atoms with E-state index in [4.69, 9.17) is 0 Å². The topological polar surface area (TPSA) is 23.1 Å². The molecule has 0 N–H and O–H groups in total. The van der Waals surface area contributed by atoms with E-state index in [-0.39, 0.29) is 51.4 Å². The molecular formula is C8H11KOSi. The molecule has 3 heteroatoms. The van der Waals surface area contributed by atoms with Crippen LogP contribution in [0.15, 0.2) is 30.3 Å². The Morgan fingerprint density at radius 2 is 1.55 bits per heavy atom. The summed E-state index contributed by atoms with van der Waals surface area (Å²) in [5.74, 6) is 0. The molecule has 0 aliphatic carbocycles. The zero-order valence-electron chi connectivity index (χ0n) is 7.29. The van der Waals surface area contributed by atoms with Crippen LogP contribution in [-0.4, -0.2) is 8.32 Å². The summed E-state index contributed by atoms with van der Waals surface area (Å²) < 4.78 is 0. The Kier molecular flexibility index (Phi) is 5.38. The van der Waals surface area contributed by atoms with Gasteiger partial charge in [-0.1, -0.05) is 48.6 Å². The smallest absolute Gasteiger partial charge is 0.855 e. The van der Waals surface area contributed by atoms with Crippen LogP contribution in [0.4, 0.5) is 0 Å². The normalized spacial score (nSPS) is 10.5. The molecule has 1 nitrogen and oxygen atoms in total. The van der Waals surface area contributed by atoms with E-state index in [2.05, 4.69) is 0 Å². The van der Waals surface area contributed by atoms with E-state index in [1.165, 1.54) is 0 Å². The molecule has 0 saturated carbocycles. The zero-order valence-corrected chi connectivity index (χ0v) is 11.4. The van der Waals surface area contributed by atoms with Crippen molar-refractivity contribution < 1.29 is 56.2 Å². The summed E-state index contributed by atoms with van der Waals surface area (Å²) in [5.41, 5.74) is 0. The average molecular weight is 190 g/mol. The van der Waals surface area contributed by atoms with Crippen molar-refractivity contribution in [1.82, 2.24) is 0 Å². The Hall–Kier alpha value is 1.03. The molecule has 0 saturated heterocycles. The molecule has 0 radical (unpaired) electrons. The Labute approximate surface area is 111 Å². The fourth-order valence-corrected chi connectivity index (χ4v) is 1.83. The first-order valence-electron chi connectivity index (χ1n) is 3.36. The molecule has 0 aliphatic heterocycles. The van der Waals surface area contributed by atoms with E-state index >= 15 is 0 Å². The van der Waals surface area contributed by atoms with Crippen molar-refractivity contribution in [2.24, 2.45) is 0 Å². The first-order valence-corrected chi connectivity index (χ1v) is 6.27. The van der Waals surface area contributed by atoms with Gasteiger partial charge in [0.25, 0.3) is 0 Å². The minimum Gasteiger partial charge on any atom is -0.855 e. The second kappa shape index (κ2) is 4.91. The molecule has 54 valence electrons. The monoisotopic (exact) mass is 190 g/mol. The van der Waals surface area contributed by atoms with E-state index in [0.29, 0.717) is 0 Å². The number of hydrogen-bond acceptors (Lipinski definition) is 1. The van der Waals surface area contributed by atoms with Crippen molar-refractivity contribution >= 4 is 13.5 Å². The SMILES string of the molecule is C[Si](C)([O-])c1ccccc1.[K+]. The summed E-state index contributed by atoms with van der Waals surface area (Å²) in [5, 5.41) is 0.981. The van der Waals surface area contributed by atoms with Gasteiger partial charge < -0.3 is 4.80 Å². The van der Waals surface area contributed by atoms with Crippen molar-refractivity contribution in [1.29, 1.82) is 0 Å². The van der Waals surface area contributed by atoms with Gasteiger partial charge in [0.05, 0.1) is 0 Å². The minimum absolute atomic E-state index is 0. The third kappa shape index (κ3) is 3.98. The fraction of sp³-hybridized carbons (Fsp3) is 0.250.